The molecule has 4 aromatic carbocycles. The first kappa shape index (κ1) is 18.8. The molecule has 0 saturated carbocycles. The van der Waals surface area contributed by atoms with Gasteiger partial charge in [-0.25, -0.2) is 9.79 Å². The van der Waals surface area contributed by atoms with Gasteiger partial charge in [0.25, 0.3) is 0 Å². The lowest BCUT2D eigenvalue weighted by atomic mass is 10.1. The minimum Gasteiger partial charge on any atom is -0.489 e. The number of hydrogen-bond acceptors (Lipinski definition) is 4. The molecule has 0 radical (unpaired) electrons. The number of benzene rings is 4. The Balaban J connectivity index is 1.37. The van der Waals surface area contributed by atoms with Crippen LogP contribution in [0.25, 0.3) is 16.8 Å². The van der Waals surface area contributed by atoms with E-state index < -0.39 is 5.97 Å². The van der Waals surface area contributed by atoms with Crippen LogP contribution in [-0.2, 0) is 16.1 Å². The van der Waals surface area contributed by atoms with Crippen molar-refractivity contribution < 1.29 is 14.3 Å². The molecule has 0 aromatic heterocycles. The summed E-state index contributed by atoms with van der Waals surface area (Å²) in [4.78, 5) is 16.8. The van der Waals surface area contributed by atoms with Crippen LogP contribution in [0.5, 0.6) is 5.75 Å². The summed E-state index contributed by atoms with van der Waals surface area (Å²) >= 11 is 0. The molecule has 1 heterocycles. The molecule has 4 aromatic rings. The van der Waals surface area contributed by atoms with E-state index in [0.29, 0.717) is 12.5 Å². The first-order valence-electron chi connectivity index (χ1n) is 10.0. The van der Waals surface area contributed by atoms with E-state index in [1.807, 2.05) is 97.1 Å². The number of cyclic esters (lactones) is 1. The summed E-state index contributed by atoms with van der Waals surface area (Å²) in [5.41, 5.74) is 2.95. The predicted octanol–water partition coefficient (Wildman–Crippen LogP) is 5.76. The molecular formula is C27H19NO3. The number of fused-ring (bicyclic) bond motifs is 1. The smallest absolute Gasteiger partial charge is 0.363 e. The van der Waals surface area contributed by atoms with E-state index in [4.69, 9.17) is 9.47 Å². The summed E-state index contributed by atoms with van der Waals surface area (Å²) in [6, 6.07) is 31.5. The summed E-state index contributed by atoms with van der Waals surface area (Å²) in [6.07, 6.45) is 1.71. The molecular weight excluding hydrogens is 386 g/mol. The lowest BCUT2D eigenvalue weighted by Gasteiger charge is -2.07. The van der Waals surface area contributed by atoms with Crippen molar-refractivity contribution in [3.8, 4) is 5.75 Å². The molecule has 0 atom stereocenters. The Morgan fingerprint density at radius 3 is 2.48 bits per heavy atom. The van der Waals surface area contributed by atoms with Crippen LogP contribution in [0.3, 0.4) is 0 Å². The van der Waals surface area contributed by atoms with Gasteiger partial charge in [-0.2, -0.15) is 0 Å². The number of rotatable bonds is 5. The number of nitrogens with zero attached hydrogens (tertiary/aromatic N) is 1. The molecule has 1 aliphatic rings. The van der Waals surface area contributed by atoms with Crippen LogP contribution in [0.4, 0.5) is 0 Å². The van der Waals surface area contributed by atoms with Crippen LogP contribution in [0.1, 0.15) is 16.7 Å². The van der Waals surface area contributed by atoms with E-state index in [2.05, 4.69) is 4.99 Å². The number of ether oxygens (including phenoxy) is 2. The molecule has 0 bridgehead atoms. The Bertz CT molecular complexity index is 1320. The van der Waals surface area contributed by atoms with Crippen molar-refractivity contribution in [3.63, 3.8) is 0 Å². The molecule has 4 heteroatoms. The fourth-order valence-electron chi connectivity index (χ4n) is 3.45. The Morgan fingerprint density at radius 2 is 1.61 bits per heavy atom. The van der Waals surface area contributed by atoms with Gasteiger partial charge in [0.1, 0.15) is 12.4 Å². The summed E-state index contributed by atoms with van der Waals surface area (Å²) in [5.74, 6) is 0.584. The van der Waals surface area contributed by atoms with Crippen LogP contribution < -0.4 is 4.74 Å². The number of carbonyl (C=O) groups excluding carboxylic acids is 1. The zero-order valence-corrected chi connectivity index (χ0v) is 16.7. The van der Waals surface area contributed by atoms with Crippen molar-refractivity contribution in [2.75, 3.05) is 0 Å². The molecule has 0 saturated heterocycles. The van der Waals surface area contributed by atoms with Gasteiger partial charge < -0.3 is 9.47 Å². The monoisotopic (exact) mass is 405 g/mol. The molecule has 1 aliphatic heterocycles. The largest absolute Gasteiger partial charge is 0.489 e. The highest BCUT2D eigenvalue weighted by Gasteiger charge is 2.24. The highest BCUT2D eigenvalue weighted by Crippen LogP contribution is 2.23. The third-order valence-corrected chi connectivity index (χ3v) is 5.03. The average Bonchev–Trinajstić information content (AvgIpc) is 3.18. The predicted molar refractivity (Wildman–Crippen MR) is 122 cm³/mol. The van der Waals surface area contributed by atoms with Gasteiger partial charge in [-0.3, -0.25) is 0 Å². The van der Waals surface area contributed by atoms with E-state index in [-0.39, 0.29) is 5.70 Å². The second kappa shape index (κ2) is 8.28. The van der Waals surface area contributed by atoms with E-state index in [0.717, 1.165) is 33.2 Å². The third-order valence-electron chi connectivity index (χ3n) is 5.03. The van der Waals surface area contributed by atoms with Crippen molar-refractivity contribution in [2.45, 2.75) is 6.61 Å². The van der Waals surface area contributed by atoms with Crippen LogP contribution >= 0.6 is 0 Å². The van der Waals surface area contributed by atoms with Crippen LogP contribution in [0.2, 0.25) is 0 Å². The number of carbonyl (C=O) groups is 1. The molecule has 0 unspecified atom stereocenters. The van der Waals surface area contributed by atoms with Crippen molar-refractivity contribution in [1.29, 1.82) is 0 Å². The van der Waals surface area contributed by atoms with E-state index in [1.165, 1.54) is 0 Å². The quantitative estimate of drug-likeness (QED) is 0.313. The first-order valence-corrected chi connectivity index (χ1v) is 10.0. The van der Waals surface area contributed by atoms with Crippen molar-refractivity contribution >= 4 is 28.7 Å². The topological polar surface area (TPSA) is 47.9 Å². The second-order valence-corrected chi connectivity index (χ2v) is 7.24. The molecule has 0 N–H and O–H groups in total. The molecule has 4 nitrogen and oxygen atoms in total. The van der Waals surface area contributed by atoms with Gasteiger partial charge in [0.15, 0.2) is 5.70 Å². The molecule has 0 amide bonds. The van der Waals surface area contributed by atoms with Gasteiger partial charge in [0.05, 0.1) is 0 Å². The van der Waals surface area contributed by atoms with Crippen molar-refractivity contribution in [3.05, 3.63) is 119 Å². The highest BCUT2D eigenvalue weighted by molar-refractivity contribution is 6.13. The second-order valence-electron chi connectivity index (χ2n) is 7.24. The van der Waals surface area contributed by atoms with Crippen molar-refractivity contribution in [1.82, 2.24) is 0 Å². The Morgan fingerprint density at radius 1 is 0.806 bits per heavy atom. The lowest BCUT2D eigenvalue weighted by Crippen LogP contribution is -2.05. The zero-order valence-electron chi connectivity index (χ0n) is 16.7. The lowest BCUT2D eigenvalue weighted by molar-refractivity contribution is -0.129. The fourth-order valence-corrected chi connectivity index (χ4v) is 3.45. The maximum Gasteiger partial charge on any atom is 0.363 e. The first-order chi connectivity index (χ1) is 15.2. The molecule has 150 valence electrons. The number of esters is 1. The summed E-state index contributed by atoms with van der Waals surface area (Å²) in [6.45, 7) is 0.479. The maximum atomic E-state index is 12.4. The number of aliphatic imine (C=N–C) groups is 1. The van der Waals surface area contributed by atoms with Crippen molar-refractivity contribution in [2.24, 2.45) is 4.99 Å². The van der Waals surface area contributed by atoms with Gasteiger partial charge in [0.2, 0.25) is 5.90 Å². The van der Waals surface area contributed by atoms with Gasteiger partial charge in [-0.15, -0.1) is 0 Å². The van der Waals surface area contributed by atoms with Gasteiger partial charge >= 0.3 is 5.97 Å². The summed E-state index contributed by atoms with van der Waals surface area (Å²) in [7, 11) is 0. The van der Waals surface area contributed by atoms with Crippen LogP contribution in [-0.4, -0.2) is 11.9 Å². The Labute approximate surface area is 180 Å². The van der Waals surface area contributed by atoms with E-state index in [9.17, 15) is 4.79 Å². The minimum absolute atomic E-state index is 0.267. The molecule has 0 fully saturated rings. The SMILES string of the molecule is O=C1OC(c2ccc3ccccc3c2)=N/C1=C\c1cccc(OCc2ccccc2)c1. The fraction of sp³-hybridized carbons (Fsp3) is 0.0370. The molecule has 0 spiro atoms. The molecule has 5 rings (SSSR count). The Kier molecular flexibility index (Phi) is 5.03. The van der Waals surface area contributed by atoms with Gasteiger partial charge in [-0.1, -0.05) is 72.8 Å². The van der Waals surface area contributed by atoms with E-state index in [1.54, 1.807) is 6.08 Å². The van der Waals surface area contributed by atoms with Crippen LogP contribution in [0, 0.1) is 0 Å². The number of hydrogen-bond donors (Lipinski definition) is 0. The zero-order chi connectivity index (χ0) is 21.0. The summed E-state index contributed by atoms with van der Waals surface area (Å²) < 4.78 is 11.3. The average molecular weight is 405 g/mol. The standard InChI is InChI=1S/C27H19NO3/c29-27-25(28-26(31-27)23-14-13-21-10-4-5-11-22(21)17-23)16-20-9-6-12-24(15-20)30-18-19-7-2-1-3-8-19/h1-17H,18H2/b25-16-. The normalized spacial score (nSPS) is 14.5. The minimum atomic E-state index is -0.459. The third kappa shape index (κ3) is 4.23. The highest BCUT2D eigenvalue weighted by atomic mass is 16.6. The van der Waals surface area contributed by atoms with E-state index >= 15 is 0 Å². The molecule has 0 aliphatic carbocycles. The van der Waals surface area contributed by atoms with Gasteiger partial charge in [0, 0.05) is 5.56 Å². The van der Waals surface area contributed by atoms with Crippen LogP contribution in [0.15, 0.2) is 108 Å². The van der Waals surface area contributed by atoms with Gasteiger partial charge in [-0.05, 0) is 52.2 Å². The molecule has 31 heavy (non-hydrogen) atoms. The maximum absolute atomic E-state index is 12.4. The summed E-state index contributed by atoms with van der Waals surface area (Å²) in [5, 5.41) is 2.19. The Hall–Kier alpha value is -4.18.